The molecule has 4 heteroatoms. The number of hydrogen-bond acceptors (Lipinski definition) is 2. The molecule has 92 valence electrons. The van der Waals surface area contributed by atoms with Crippen molar-refractivity contribution in [1.29, 1.82) is 0 Å². The summed E-state index contributed by atoms with van der Waals surface area (Å²) in [7, 11) is 1.79. The molecule has 1 fully saturated rings. The van der Waals surface area contributed by atoms with E-state index in [4.69, 9.17) is 0 Å². The Morgan fingerprint density at radius 3 is 2.82 bits per heavy atom. The van der Waals surface area contributed by atoms with Crippen molar-refractivity contribution < 1.29 is 4.79 Å². The Hall–Kier alpha value is -0.900. The molecule has 1 aliphatic carbocycles. The third-order valence-corrected chi connectivity index (χ3v) is 3.89. The molecule has 0 saturated heterocycles. The Morgan fingerprint density at radius 1 is 1.53 bits per heavy atom. The quantitative estimate of drug-likeness (QED) is 0.853. The van der Waals surface area contributed by atoms with Crippen LogP contribution in [0.3, 0.4) is 0 Å². The predicted molar refractivity (Wildman–Crippen MR) is 71.9 cm³/mol. The second-order valence-corrected chi connectivity index (χ2v) is 5.54. The number of halogens is 1. The highest BCUT2D eigenvalue weighted by Crippen LogP contribution is 2.30. The Labute approximate surface area is 110 Å². The molecule has 2 rings (SSSR count). The van der Waals surface area contributed by atoms with E-state index >= 15 is 0 Å². The van der Waals surface area contributed by atoms with Gasteiger partial charge >= 0.3 is 0 Å². The molecule has 0 N–H and O–H groups in total. The van der Waals surface area contributed by atoms with Gasteiger partial charge in [-0.05, 0) is 40.4 Å². The molecule has 0 bridgehead atoms. The van der Waals surface area contributed by atoms with Gasteiger partial charge in [-0.1, -0.05) is 19.3 Å². The number of rotatable bonds is 4. The number of carbonyl (C=O) groups is 1. The molecule has 1 aromatic rings. The first-order valence-electron chi connectivity index (χ1n) is 6.05. The molecule has 1 amide bonds. The molecule has 1 heterocycles. The van der Waals surface area contributed by atoms with Crippen LogP contribution < -0.4 is 4.90 Å². The van der Waals surface area contributed by atoms with Gasteiger partial charge in [0.25, 0.3) is 0 Å². The molecule has 3 nitrogen and oxygen atoms in total. The maximum atomic E-state index is 11.9. The van der Waals surface area contributed by atoms with Crippen molar-refractivity contribution in [3.63, 3.8) is 0 Å². The van der Waals surface area contributed by atoms with Crippen LogP contribution in [0.2, 0.25) is 0 Å². The summed E-state index contributed by atoms with van der Waals surface area (Å²) in [4.78, 5) is 17.8. The van der Waals surface area contributed by atoms with Crippen LogP contribution in [0, 0.1) is 5.92 Å². The molecule has 0 aromatic carbocycles. The largest absolute Gasteiger partial charge is 0.300 e. The van der Waals surface area contributed by atoms with Crippen LogP contribution in [0.5, 0.6) is 0 Å². The minimum Gasteiger partial charge on any atom is -0.300 e. The fraction of sp³-hybridized carbons (Fsp3) is 0.538. The van der Waals surface area contributed by atoms with Crippen molar-refractivity contribution in [3.05, 3.63) is 22.8 Å². The second kappa shape index (κ2) is 5.63. The van der Waals surface area contributed by atoms with Gasteiger partial charge in [-0.15, -0.1) is 0 Å². The minimum absolute atomic E-state index is 0.159. The summed E-state index contributed by atoms with van der Waals surface area (Å²) in [5.74, 6) is 1.66. The normalized spacial score (nSPS) is 15.4. The van der Waals surface area contributed by atoms with Crippen LogP contribution in [0.15, 0.2) is 22.8 Å². The van der Waals surface area contributed by atoms with Gasteiger partial charge < -0.3 is 0 Å². The van der Waals surface area contributed by atoms with Crippen molar-refractivity contribution in [2.45, 2.75) is 32.1 Å². The van der Waals surface area contributed by atoms with Crippen molar-refractivity contribution in [2.75, 3.05) is 11.9 Å². The number of hydrogen-bond donors (Lipinski definition) is 0. The Balaban J connectivity index is 1.87. The lowest BCUT2D eigenvalue weighted by molar-refractivity contribution is -0.118. The fourth-order valence-electron chi connectivity index (χ4n) is 1.97. The third kappa shape index (κ3) is 3.28. The van der Waals surface area contributed by atoms with E-state index in [1.165, 1.54) is 19.3 Å². The standard InChI is InChI=1S/C13H17BrN2O/c1-16(12-7-6-11(14)9-15-12)13(17)8-5-10-3-2-4-10/h6-7,9-10H,2-5,8H2,1H3. The molecule has 0 radical (unpaired) electrons. The van der Waals surface area contributed by atoms with E-state index in [0.29, 0.717) is 12.2 Å². The zero-order valence-corrected chi connectivity index (χ0v) is 11.6. The zero-order valence-electron chi connectivity index (χ0n) is 10.0. The Kier molecular flexibility index (Phi) is 4.15. The van der Waals surface area contributed by atoms with Crippen molar-refractivity contribution in [1.82, 2.24) is 4.98 Å². The number of anilines is 1. The van der Waals surface area contributed by atoms with Crippen molar-refractivity contribution >= 4 is 27.7 Å². The van der Waals surface area contributed by atoms with E-state index < -0.39 is 0 Å². The van der Waals surface area contributed by atoms with Gasteiger partial charge in [0.1, 0.15) is 5.82 Å². The first-order chi connectivity index (χ1) is 8.16. The zero-order chi connectivity index (χ0) is 12.3. The average molecular weight is 297 g/mol. The molecular formula is C13H17BrN2O. The number of carbonyl (C=O) groups excluding carboxylic acids is 1. The Bertz CT molecular complexity index is 387. The van der Waals surface area contributed by atoms with Crippen LogP contribution in [0.25, 0.3) is 0 Å². The number of nitrogens with zero attached hydrogens (tertiary/aromatic N) is 2. The monoisotopic (exact) mass is 296 g/mol. The summed E-state index contributed by atoms with van der Waals surface area (Å²) in [6, 6.07) is 3.75. The Morgan fingerprint density at radius 2 is 2.29 bits per heavy atom. The molecule has 0 atom stereocenters. The van der Waals surface area contributed by atoms with Crippen LogP contribution in [0.4, 0.5) is 5.82 Å². The maximum absolute atomic E-state index is 11.9. The maximum Gasteiger partial charge on any atom is 0.227 e. The summed E-state index contributed by atoms with van der Waals surface area (Å²) in [5, 5.41) is 0. The summed E-state index contributed by atoms with van der Waals surface area (Å²) < 4.78 is 0.927. The molecule has 1 aliphatic rings. The molecular weight excluding hydrogens is 280 g/mol. The van der Waals surface area contributed by atoms with Gasteiger partial charge in [-0.2, -0.15) is 0 Å². The predicted octanol–water partition coefficient (Wildman–Crippen LogP) is 3.39. The van der Waals surface area contributed by atoms with E-state index in [-0.39, 0.29) is 5.91 Å². The van der Waals surface area contributed by atoms with E-state index in [1.807, 2.05) is 12.1 Å². The third-order valence-electron chi connectivity index (χ3n) is 3.42. The van der Waals surface area contributed by atoms with Crippen LogP contribution in [-0.4, -0.2) is 17.9 Å². The van der Waals surface area contributed by atoms with Crippen molar-refractivity contribution in [2.24, 2.45) is 5.92 Å². The lowest BCUT2D eigenvalue weighted by Crippen LogP contribution is -2.27. The highest BCUT2D eigenvalue weighted by atomic mass is 79.9. The smallest absolute Gasteiger partial charge is 0.227 e. The summed E-state index contributed by atoms with van der Waals surface area (Å²) in [5.41, 5.74) is 0. The average Bonchev–Trinajstić information content (AvgIpc) is 2.27. The fourth-order valence-corrected chi connectivity index (χ4v) is 2.21. The SMILES string of the molecule is CN(C(=O)CCC1CCC1)c1ccc(Br)cn1. The number of amides is 1. The van der Waals surface area contributed by atoms with Gasteiger partial charge in [0, 0.05) is 24.1 Å². The summed E-state index contributed by atoms with van der Waals surface area (Å²) >= 11 is 3.33. The molecule has 1 aromatic heterocycles. The molecule has 0 spiro atoms. The molecule has 17 heavy (non-hydrogen) atoms. The molecule has 0 unspecified atom stereocenters. The van der Waals surface area contributed by atoms with Gasteiger partial charge in [-0.3, -0.25) is 9.69 Å². The second-order valence-electron chi connectivity index (χ2n) is 4.62. The molecule has 1 saturated carbocycles. The van der Waals surface area contributed by atoms with E-state index in [9.17, 15) is 4.79 Å². The van der Waals surface area contributed by atoms with E-state index in [1.54, 1.807) is 18.1 Å². The van der Waals surface area contributed by atoms with Crippen LogP contribution in [-0.2, 0) is 4.79 Å². The lowest BCUT2D eigenvalue weighted by Gasteiger charge is -2.25. The number of pyridine rings is 1. The first-order valence-corrected chi connectivity index (χ1v) is 6.84. The van der Waals surface area contributed by atoms with Gasteiger partial charge in [0.15, 0.2) is 0 Å². The van der Waals surface area contributed by atoms with E-state index in [0.717, 1.165) is 16.8 Å². The van der Waals surface area contributed by atoms with Gasteiger partial charge in [0.2, 0.25) is 5.91 Å². The first kappa shape index (κ1) is 12.6. The summed E-state index contributed by atoms with van der Waals surface area (Å²) in [6.45, 7) is 0. The highest BCUT2D eigenvalue weighted by molar-refractivity contribution is 9.10. The number of aromatic nitrogens is 1. The highest BCUT2D eigenvalue weighted by Gasteiger charge is 2.20. The topological polar surface area (TPSA) is 33.2 Å². The minimum atomic E-state index is 0.159. The molecule has 0 aliphatic heterocycles. The van der Waals surface area contributed by atoms with Gasteiger partial charge in [-0.25, -0.2) is 4.98 Å². The van der Waals surface area contributed by atoms with Gasteiger partial charge in [0.05, 0.1) is 0 Å². The van der Waals surface area contributed by atoms with E-state index in [2.05, 4.69) is 20.9 Å². The lowest BCUT2D eigenvalue weighted by atomic mass is 9.82. The van der Waals surface area contributed by atoms with Crippen LogP contribution in [0.1, 0.15) is 32.1 Å². The van der Waals surface area contributed by atoms with Crippen molar-refractivity contribution in [3.8, 4) is 0 Å². The summed E-state index contributed by atoms with van der Waals surface area (Å²) in [6.07, 6.45) is 7.31. The van der Waals surface area contributed by atoms with Crippen LogP contribution >= 0.6 is 15.9 Å².